The van der Waals surface area contributed by atoms with Gasteiger partial charge in [-0.05, 0) is 71.6 Å². The van der Waals surface area contributed by atoms with Crippen LogP contribution in [0.3, 0.4) is 0 Å². The molecule has 0 unspecified atom stereocenters. The number of rotatable bonds is 3. The van der Waals surface area contributed by atoms with E-state index in [1.165, 1.54) is 25.0 Å². The van der Waals surface area contributed by atoms with E-state index in [9.17, 15) is 13.2 Å². The maximum atomic E-state index is 12.8. The third-order valence-corrected chi connectivity index (χ3v) is 5.70. The minimum Gasteiger partial charge on any atom is -0.490 e. The Morgan fingerprint density at radius 3 is 2.11 bits per heavy atom. The molecule has 3 rings (SSSR count). The third kappa shape index (κ3) is 4.66. The van der Waals surface area contributed by atoms with Gasteiger partial charge in [0.25, 0.3) is 0 Å². The van der Waals surface area contributed by atoms with E-state index in [4.69, 9.17) is 4.74 Å². The molecule has 1 nitrogen and oxygen atoms in total. The van der Waals surface area contributed by atoms with Gasteiger partial charge in [0.2, 0.25) is 0 Å². The number of allylic oxidation sites excluding steroid dienone is 1. The van der Waals surface area contributed by atoms with E-state index in [0.717, 1.165) is 35.3 Å². The molecule has 0 radical (unpaired) electrons. The minimum atomic E-state index is -4.41. The van der Waals surface area contributed by atoms with Crippen LogP contribution in [0, 0.1) is 11.3 Å². The quantitative estimate of drug-likeness (QED) is 0.542. The summed E-state index contributed by atoms with van der Waals surface area (Å²) in [7, 11) is 0. The van der Waals surface area contributed by atoms with Crippen molar-refractivity contribution < 1.29 is 17.9 Å². The molecule has 146 valence electrons. The van der Waals surface area contributed by atoms with Crippen LogP contribution in [0.1, 0.15) is 52.0 Å². The molecule has 1 saturated carbocycles. The van der Waals surface area contributed by atoms with Crippen LogP contribution in [0.5, 0.6) is 5.75 Å². The third-order valence-electron chi connectivity index (χ3n) is 5.70. The van der Waals surface area contributed by atoms with Gasteiger partial charge in [0.1, 0.15) is 5.75 Å². The molecule has 27 heavy (non-hydrogen) atoms. The largest absolute Gasteiger partial charge is 0.490 e. The van der Waals surface area contributed by atoms with Gasteiger partial charge in [-0.1, -0.05) is 45.5 Å². The van der Waals surface area contributed by atoms with Crippen LogP contribution in [0.2, 0.25) is 0 Å². The lowest BCUT2D eigenvalue weighted by molar-refractivity contribution is -0.0686. The van der Waals surface area contributed by atoms with Gasteiger partial charge in [-0.25, -0.2) is 0 Å². The smallest absolute Gasteiger partial charge is 0.416 e. The molecule has 0 aromatic heterocycles. The Kier molecular flexibility index (Phi) is 5.29. The second-order valence-corrected chi connectivity index (χ2v) is 8.66. The molecule has 1 fully saturated rings. The van der Waals surface area contributed by atoms with Crippen molar-refractivity contribution in [1.82, 2.24) is 0 Å². The van der Waals surface area contributed by atoms with E-state index in [2.05, 4.69) is 27.4 Å². The number of halogens is 3. The fourth-order valence-electron chi connectivity index (χ4n) is 3.89. The highest BCUT2D eigenvalue weighted by Gasteiger charge is 2.33. The normalized spacial score (nSPS) is 21.3. The summed E-state index contributed by atoms with van der Waals surface area (Å²) >= 11 is 0. The van der Waals surface area contributed by atoms with Crippen molar-refractivity contribution in [3.05, 3.63) is 48.5 Å². The summed E-state index contributed by atoms with van der Waals surface area (Å²) in [6, 6.07) is 10.3. The number of hydrogen-bond donors (Lipinski definition) is 0. The van der Waals surface area contributed by atoms with Crippen molar-refractivity contribution in [2.75, 3.05) is 0 Å². The van der Waals surface area contributed by atoms with Crippen LogP contribution in [-0.4, -0.2) is 12.3 Å². The number of alkyl halides is 3. The van der Waals surface area contributed by atoms with Crippen LogP contribution in [0.25, 0.3) is 16.3 Å². The molecule has 0 N–H and O–H groups in total. The summed E-state index contributed by atoms with van der Waals surface area (Å²) in [6.45, 7) is 10.1. The van der Waals surface area contributed by atoms with Gasteiger partial charge in [-0.15, -0.1) is 0 Å². The molecule has 1 aliphatic carbocycles. The van der Waals surface area contributed by atoms with Crippen molar-refractivity contribution in [3.8, 4) is 5.75 Å². The van der Waals surface area contributed by atoms with Crippen molar-refractivity contribution >= 4 is 16.3 Å². The molecule has 0 amide bonds. The first-order valence-corrected chi connectivity index (χ1v) is 9.51. The summed E-state index contributed by atoms with van der Waals surface area (Å²) in [5.41, 5.74) is -0.379. The second kappa shape index (κ2) is 7.21. The first-order valence-electron chi connectivity index (χ1n) is 9.51. The van der Waals surface area contributed by atoms with Gasteiger partial charge < -0.3 is 4.74 Å². The summed E-state index contributed by atoms with van der Waals surface area (Å²) in [5.74, 6) is 1.51. The zero-order valence-electron chi connectivity index (χ0n) is 16.2. The highest BCUT2D eigenvalue weighted by Crippen LogP contribution is 2.39. The Morgan fingerprint density at radius 1 is 0.926 bits per heavy atom. The van der Waals surface area contributed by atoms with Gasteiger partial charge in [-0.3, -0.25) is 0 Å². The van der Waals surface area contributed by atoms with Crippen molar-refractivity contribution in [3.63, 3.8) is 0 Å². The fourth-order valence-corrected chi connectivity index (χ4v) is 3.89. The SMILES string of the molecule is C=C(c1ccc2cc(O[C@H]3CC[C@H](C(C)(C)C)CC3)ccc2c1)C(F)(F)F. The zero-order valence-corrected chi connectivity index (χ0v) is 16.2. The van der Waals surface area contributed by atoms with Gasteiger partial charge in [0, 0.05) is 0 Å². The lowest BCUT2D eigenvalue weighted by atomic mass is 9.72. The summed E-state index contributed by atoms with van der Waals surface area (Å²) in [6.07, 6.45) is 0.234. The maximum Gasteiger partial charge on any atom is 0.416 e. The van der Waals surface area contributed by atoms with E-state index in [0.29, 0.717) is 5.41 Å². The second-order valence-electron chi connectivity index (χ2n) is 8.66. The van der Waals surface area contributed by atoms with Gasteiger partial charge in [0.05, 0.1) is 11.7 Å². The van der Waals surface area contributed by atoms with Crippen molar-refractivity contribution in [2.45, 2.75) is 58.7 Å². The summed E-state index contributed by atoms with van der Waals surface area (Å²) in [5, 5.41) is 1.62. The van der Waals surface area contributed by atoms with Gasteiger partial charge in [-0.2, -0.15) is 13.2 Å². The predicted octanol–water partition coefficient (Wildman–Crippen LogP) is 7.40. The fraction of sp³-hybridized carbons (Fsp3) is 0.478. The van der Waals surface area contributed by atoms with E-state index in [1.54, 1.807) is 6.07 Å². The Labute approximate surface area is 159 Å². The molecule has 0 aliphatic heterocycles. The van der Waals surface area contributed by atoms with E-state index < -0.39 is 11.7 Å². The lowest BCUT2D eigenvalue weighted by Crippen LogP contribution is -2.30. The number of ether oxygens (including phenoxy) is 1. The van der Waals surface area contributed by atoms with Crippen LogP contribution in [0.15, 0.2) is 43.0 Å². The maximum absolute atomic E-state index is 12.8. The molecule has 0 bridgehead atoms. The average molecular weight is 376 g/mol. The highest BCUT2D eigenvalue weighted by atomic mass is 19.4. The molecule has 2 aromatic rings. The highest BCUT2D eigenvalue weighted by molar-refractivity contribution is 5.87. The Hall–Kier alpha value is -1.97. The molecule has 2 aromatic carbocycles. The van der Waals surface area contributed by atoms with Crippen molar-refractivity contribution in [1.29, 1.82) is 0 Å². The Bertz CT molecular complexity index is 822. The first-order chi connectivity index (χ1) is 12.5. The Morgan fingerprint density at radius 2 is 1.52 bits per heavy atom. The molecule has 0 atom stereocenters. The molecule has 1 aliphatic rings. The number of fused-ring (bicyclic) bond motifs is 1. The van der Waals surface area contributed by atoms with Crippen LogP contribution in [-0.2, 0) is 0 Å². The van der Waals surface area contributed by atoms with Crippen LogP contribution < -0.4 is 4.74 Å². The molecular weight excluding hydrogens is 349 g/mol. The van der Waals surface area contributed by atoms with E-state index in [-0.39, 0.29) is 11.7 Å². The summed E-state index contributed by atoms with van der Waals surface area (Å²) < 4.78 is 44.7. The van der Waals surface area contributed by atoms with Crippen LogP contribution in [0.4, 0.5) is 13.2 Å². The van der Waals surface area contributed by atoms with E-state index in [1.807, 2.05) is 18.2 Å². The number of benzene rings is 2. The predicted molar refractivity (Wildman–Crippen MR) is 105 cm³/mol. The molecule has 4 heteroatoms. The van der Waals surface area contributed by atoms with Crippen LogP contribution >= 0.6 is 0 Å². The molecule has 0 spiro atoms. The van der Waals surface area contributed by atoms with E-state index >= 15 is 0 Å². The monoisotopic (exact) mass is 376 g/mol. The lowest BCUT2D eigenvalue weighted by Gasteiger charge is -2.37. The first kappa shape index (κ1) is 19.8. The molecular formula is C23H27F3O. The summed E-state index contributed by atoms with van der Waals surface area (Å²) in [4.78, 5) is 0. The number of hydrogen-bond acceptors (Lipinski definition) is 1. The standard InChI is InChI=1S/C23H27F3O/c1-15(23(24,25)26)16-5-6-18-14-21(10-7-17(18)13-16)27-20-11-8-19(9-12-20)22(2,3)4/h5-7,10,13-14,19-20H,1,8-9,11-12H2,2-4H3/t19-,20-. The van der Waals surface area contributed by atoms with Crippen molar-refractivity contribution in [2.24, 2.45) is 11.3 Å². The zero-order chi connectivity index (χ0) is 19.8. The Balaban J connectivity index is 1.70. The van der Waals surface area contributed by atoms with Gasteiger partial charge in [0.15, 0.2) is 0 Å². The minimum absolute atomic E-state index is 0.101. The molecule has 0 heterocycles. The van der Waals surface area contributed by atoms with Gasteiger partial charge >= 0.3 is 6.18 Å². The molecule has 0 saturated heterocycles. The topological polar surface area (TPSA) is 9.23 Å². The average Bonchev–Trinajstić information content (AvgIpc) is 2.59.